The molecule has 1 heterocycles. The number of carboxylic acids is 1. The van der Waals surface area contributed by atoms with Gasteiger partial charge in [-0.2, -0.15) is 0 Å². The molecular weight excluding hydrogens is 376 g/mol. The number of carbonyl (C=O) groups excluding carboxylic acids is 3. The summed E-state index contributed by atoms with van der Waals surface area (Å²) in [5, 5.41) is 14.2. The van der Waals surface area contributed by atoms with Crippen LogP contribution >= 0.6 is 0 Å². The van der Waals surface area contributed by atoms with Crippen molar-refractivity contribution in [3.8, 4) is 0 Å². The van der Waals surface area contributed by atoms with Crippen molar-refractivity contribution in [3.05, 3.63) is 0 Å². The predicted octanol–water partition coefficient (Wildman–Crippen LogP) is 0.471. The standard InChI is InChI=1S/C20H36N4O5/c1-6-11(3)15(21)18(26)23-16(12(4)7-2)19(27)24-10-8-9-14(24)17(25)22-13(5)20(28)29/h11-16H,6-10,21H2,1-5H3,(H,22,25)(H,23,26)(H,28,29). The van der Waals surface area contributed by atoms with Crippen LogP contribution in [0, 0.1) is 11.8 Å². The van der Waals surface area contributed by atoms with E-state index in [-0.39, 0.29) is 23.7 Å². The molecule has 0 aromatic rings. The maximum Gasteiger partial charge on any atom is 0.325 e. The smallest absolute Gasteiger partial charge is 0.325 e. The Kier molecular flexibility index (Phi) is 9.55. The number of hydrogen-bond donors (Lipinski definition) is 4. The van der Waals surface area contributed by atoms with Crippen LogP contribution in [0.5, 0.6) is 0 Å². The lowest BCUT2D eigenvalue weighted by Gasteiger charge is -2.32. The van der Waals surface area contributed by atoms with Crippen LogP contribution in [-0.4, -0.2) is 64.4 Å². The summed E-state index contributed by atoms with van der Waals surface area (Å²) in [6.07, 6.45) is 2.50. The molecule has 1 aliphatic heterocycles. The van der Waals surface area contributed by atoms with Crippen LogP contribution in [0.4, 0.5) is 0 Å². The molecule has 6 atom stereocenters. The fourth-order valence-electron chi connectivity index (χ4n) is 3.30. The summed E-state index contributed by atoms with van der Waals surface area (Å²) in [6, 6.07) is -3.28. The summed E-state index contributed by atoms with van der Waals surface area (Å²) >= 11 is 0. The first-order valence-electron chi connectivity index (χ1n) is 10.4. The third kappa shape index (κ3) is 6.42. The highest BCUT2D eigenvalue weighted by Gasteiger charge is 2.40. The third-order valence-electron chi connectivity index (χ3n) is 5.90. The van der Waals surface area contributed by atoms with E-state index < -0.39 is 36.0 Å². The van der Waals surface area contributed by atoms with Crippen molar-refractivity contribution in [3.63, 3.8) is 0 Å². The normalized spacial score (nSPS) is 21.6. The van der Waals surface area contributed by atoms with Crippen molar-refractivity contribution in [1.82, 2.24) is 15.5 Å². The summed E-state index contributed by atoms with van der Waals surface area (Å²) < 4.78 is 0. The lowest BCUT2D eigenvalue weighted by molar-refractivity contribution is -0.145. The van der Waals surface area contributed by atoms with E-state index in [2.05, 4.69) is 10.6 Å². The molecule has 3 amide bonds. The molecule has 1 aliphatic rings. The van der Waals surface area contributed by atoms with Crippen LogP contribution in [-0.2, 0) is 19.2 Å². The van der Waals surface area contributed by atoms with E-state index in [1.807, 2.05) is 27.7 Å². The topological polar surface area (TPSA) is 142 Å². The van der Waals surface area contributed by atoms with Crippen LogP contribution in [0.1, 0.15) is 60.3 Å². The third-order valence-corrected chi connectivity index (χ3v) is 5.90. The first-order valence-corrected chi connectivity index (χ1v) is 10.4. The van der Waals surface area contributed by atoms with Gasteiger partial charge in [0.1, 0.15) is 18.1 Å². The number of carbonyl (C=O) groups is 4. The van der Waals surface area contributed by atoms with Gasteiger partial charge in [-0.25, -0.2) is 0 Å². The molecule has 0 aromatic carbocycles. The summed E-state index contributed by atoms with van der Waals surface area (Å²) in [5.74, 6) is -2.50. The second-order valence-electron chi connectivity index (χ2n) is 8.04. The minimum absolute atomic E-state index is 0.0227. The number of nitrogens with two attached hydrogens (primary N) is 1. The molecule has 0 radical (unpaired) electrons. The van der Waals surface area contributed by atoms with Gasteiger partial charge in [0.15, 0.2) is 0 Å². The molecule has 166 valence electrons. The van der Waals surface area contributed by atoms with Crippen molar-refractivity contribution in [2.45, 2.75) is 84.5 Å². The van der Waals surface area contributed by atoms with E-state index in [4.69, 9.17) is 10.8 Å². The average molecular weight is 413 g/mol. The molecule has 1 fully saturated rings. The Hall–Kier alpha value is -2.16. The number of nitrogens with zero attached hydrogens (tertiary/aromatic N) is 1. The maximum absolute atomic E-state index is 13.3. The van der Waals surface area contributed by atoms with Gasteiger partial charge in [0, 0.05) is 6.54 Å². The molecular formula is C20H36N4O5. The molecule has 5 N–H and O–H groups in total. The van der Waals surface area contributed by atoms with Crippen LogP contribution in [0.3, 0.4) is 0 Å². The number of amides is 3. The van der Waals surface area contributed by atoms with Crippen LogP contribution in [0.25, 0.3) is 0 Å². The highest BCUT2D eigenvalue weighted by Crippen LogP contribution is 2.22. The van der Waals surface area contributed by atoms with E-state index in [0.717, 1.165) is 6.42 Å². The monoisotopic (exact) mass is 412 g/mol. The largest absolute Gasteiger partial charge is 0.480 e. The molecule has 0 aliphatic carbocycles. The van der Waals surface area contributed by atoms with Crippen molar-refractivity contribution in [1.29, 1.82) is 0 Å². The summed E-state index contributed by atoms with van der Waals surface area (Å²) in [5.41, 5.74) is 6.02. The molecule has 0 spiro atoms. The zero-order valence-corrected chi connectivity index (χ0v) is 18.1. The Labute approximate surface area is 172 Å². The Balaban J connectivity index is 2.96. The molecule has 29 heavy (non-hydrogen) atoms. The average Bonchev–Trinajstić information content (AvgIpc) is 3.19. The number of hydrogen-bond acceptors (Lipinski definition) is 5. The van der Waals surface area contributed by atoms with Crippen LogP contribution in [0.15, 0.2) is 0 Å². The van der Waals surface area contributed by atoms with Gasteiger partial charge < -0.3 is 26.4 Å². The van der Waals surface area contributed by atoms with Crippen molar-refractivity contribution >= 4 is 23.7 Å². The van der Waals surface area contributed by atoms with Gasteiger partial charge in [0.05, 0.1) is 6.04 Å². The second-order valence-corrected chi connectivity index (χ2v) is 8.04. The van der Waals surface area contributed by atoms with Gasteiger partial charge in [0.2, 0.25) is 17.7 Å². The van der Waals surface area contributed by atoms with Crippen molar-refractivity contribution in [2.24, 2.45) is 17.6 Å². The Morgan fingerprint density at radius 3 is 2.17 bits per heavy atom. The van der Waals surface area contributed by atoms with Crippen LogP contribution < -0.4 is 16.4 Å². The zero-order valence-electron chi connectivity index (χ0n) is 18.1. The molecule has 0 bridgehead atoms. The summed E-state index contributed by atoms with van der Waals surface area (Å²) in [6.45, 7) is 9.39. The number of likely N-dealkylation sites (tertiary alicyclic amines) is 1. The van der Waals surface area contributed by atoms with E-state index in [0.29, 0.717) is 25.8 Å². The SMILES string of the molecule is CCC(C)C(N)C(=O)NC(C(=O)N1CCCC1C(=O)NC(C)C(=O)O)C(C)CC. The lowest BCUT2D eigenvalue weighted by Crippen LogP contribution is -2.58. The molecule has 0 saturated carbocycles. The Bertz CT molecular complexity index is 612. The predicted molar refractivity (Wildman–Crippen MR) is 109 cm³/mol. The van der Waals surface area contributed by atoms with E-state index in [1.54, 1.807) is 0 Å². The Morgan fingerprint density at radius 1 is 1.07 bits per heavy atom. The molecule has 0 aromatic heterocycles. The van der Waals surface area contributed by atoms with E-state index in [1.165, 1.54) is 11.8 Å². The van der Waals surface area contributed by atoms with Gasteiger partial charge in [0.25, 0.3) is 0 Å². The summed E-state index contributed by atoms with van der Waals surface area (Å²) in [4.78, 5) is 50.8. The summed E-state index contributed by atoms with van der Waals surface area (Å²) in [7, 11) is 0. The first-order chi connectivity index (χ1) is 13.5. The zero-order chi connectivity index (χ0) is 22.3. The second kappa shape index (κ2) is 11.1. The van der Waals surface area contributed by atoms with E-state index >= 15 is 0 Å². The fourth-order valence-corrected chi connectivity index (χ4v) is 3.30. The van der Waals surface area contributed by atoms with Gasteiger partial charge >= 0.3 is 5.97 Å². The van der Waals surface area contributed by atoms with Crippen molar-refractivity contribution in [2.75, 3.05) is 6.54 Å². The minimum atomic E-state index is -1.14. The number of carboxylic acid groups (broad SMARTS) is 1. The van der Waals surface area contributed by atoms with Gasteiger partial charge in [-0.1, -0.05) is 40.5 Å². The van der Waals surface area contributed by atoms with E-state index in [9.17, 15) is 19.2 Å². The first kappa shape index (κ1) is 24.9. The lowest BCUT2D eigenvalue weighted by atomic mass is 9.95. The molecule has 9 heteroatoms. The van der Waals surface area contributed by atoms with Gasteiger partial charge in [-0.3, -0.25) is 19.2 Å². The fraction of sp³-hybridized carbons (Fsp3) is 0.800. The maximum atomic E-state index is 13.3. The number of rotatable bonds is 10. The Morgan fingerprint density at radius 2 is 1.66 bits per heavy atom. The molecule has 1 rings (SSSR count). The highest BCUT2D eigenvalue weighted by atomic mass is 16.4. The minimum Gasteiger partial charge on any atom is -0.480 e. The van der Waals surface area contributed by atoms with Gasteiger partial charge in [-0.05, 0) is 31.6 Å². The highest BCUT2D eigenvalue weighted by molar-refractivity contribution is 5.94. The number of aliphatic carboxylic acids is 1. The molecule has 6 unspecified atom stereocenters. The number of nitrogens with one attached hydrogen (secondary N) is 2. The molecule has 9 nitrogen and oxygen atoms in total. The van der Waals surface area contributed by atoms with Crippen LogP contribution in [0.2, 0.25) is 0 Å². The van der Waals surface area contributed by atoms with Gasteiger partial charge in [-0.15, -0.1) is 0 Å². The van der Waals surface area contributed by atoms with Crippen molar-refractivity contribution < 1.29 is 24.3 Å². The molecule has 1 saturated heterocycles. The quantitative estimate of drug-likeness (QED) is 0.411.